The van der Waals surface area contributed by atoms with Crippen molar-refractivity contribution in [2.45, 2.75) is 13.2 Å². The Kier molecular flexibility index (Phi) is 7.12. The summed E-state index contributed by atoms with van der Waals surface area (Å²) in [5, 5.41) is 9.12. The fraction of sp³-hybridized carbons (Fsp3) is 0.115. The van der Waals surface area contributed by atoms with Crippen LogP contribution in [0, 0.1) is 0 Å². The maximum absolute atomic E-state index is 12.3. The van der Waals surface area contributed by atoms with Gasteiger partial charge in [-0.1, -0.05) is 78.0 Å². The second kappa shape index (κ2) is 10.8. The minimum absolute atomic E-state index is 0.116. The maximum atomic E-state index is 12.3. The van der Waals surface area contributed by atoms with Gasteiger partial charge < -0.3 is 19.9 Å². The first kappa shape index (κ1) is 21.8. The van der Waals surface area contributed by atoms with Crippen LogP contribution < -0.4 is 15.4 Å². The van der Waals surface area contributed by atoms with Gasteiger partial charge in [0.15, 0.2) is 11.5 Å². The third kappa shape index (κ3) is 6.30. The molecule has 0 aliphatic rings. The summed E-state index contributed by atoms with van der Waals surface area (Å²) in [7, 11) is 0. The van der Waals surface area contributed by atoms with Gasteiger partial charge in [0, 0.05) is 18.2 Å². The maximum Gasteiger partial charge on any atom is 0.273 e. The van der Waals surface area contributed by atoms with Crippen LogP contribution in [-0.2, 0) is 17.9 Å². The predicted molar refractivity (Wildman–Crippen MR) is 123 cm³/mol. The summed E-state index contributed by atoms with van der Waals surface area (Å²) in [6, 6.07) is 28.3. The van der Waals surface area contributed by atoms with Crippen molar-refractivity contribution in [3.63, 3.8) is 0 Å². The van der Waals surface area contributed by atoms with E-state index >= 15 is 0 Å². The lowest BCUT2D eigenvalue weighted by molar-refractivity contribution is -0.120. The van der Waals surface area contributed by atoms with Gasteiger partial charge in [-0.25, -0.2) is 0 Å². The number of amides is 2. The molecule has 0 spiro atoms. The van der Waals surface area contributed by atoms with Gasteiger partial charge in [-0.3, -0.25) is 9.59 Å². The molecule has 0 saturated carbocycles. The van der Waals surface area contributed by atoms with Gasteiger partial charge in [0.1, 0.15) is 12.4 Å². The quantitative estimate of drug-likeness (QED) is 0.410. The Morgan fingerprint density at radius 1 is 0.818 bits per heavy atom. The molecule has 2 amide bonds. The van der Waals surface area contributed by atoms with Crippen molar-refractivity contribution in [2.75, 3.05) is 6.54 Å². The normalized spacial score (nSPS) is 10.4. The lowest BCUT2D eigenvalue weighted by Gasteiger charge is -2.09. The Bertz CT molecular complexity index is 1210. The number of nitrogens with one attached hydrogen (secondary N) is 2. The molecule has 4 aromatic rings. The molecule has 0 unspecified atom stereocenters. The number of rotatable bonds is 9. The molecule has 0 aliphatic heterocycles. The molecule has 0 radical (unpaired) electrons. The van der Waals surface area contributed by atoms with Gasteiger partial charge in [0.25, 0.3) is 5.91 Å². The van der Waals surface area contributed by atoms with E-state index in [2.05, 4.69) is 15.8 Å². The number of benzene rings is 3. The molecule has 0 fully saturated rings. The largest absolute Gasteiger partial charge is 0.489 e. The van der Waals surface area contributed by atoms with Gasteiger partial charge in [0.2, 0.25) is 5.91 Å². The van der Waals surface area contributed by atoms with E-state index in [0.717, 1.165) is 22.4 Å². The first-order valence-corrected chi connectivity index (χ1v) is 10.5. The number of carbonyl (C=O) groups is 2. The zero-order valence-electron chi connectivity index (χ0n) is 17.9. The molecule has 3 aromatic carbocycles. The average molecular weight is 441 g/mol. The number of hydrogen-bond acceptors (Lipinski definition) is 5. The van der Waals surface area contributed by atoms with Crippen LogP contribution in [0.25, 0.3) is 11.3 Å². The molecule has 0 atom stereocenters. The second-order valence-corrected chi connectivity index (χ2v) is 7.32. The molecule has 4 rings (SSSR count). The smallest absolute Gasteiger partial charge is 0.273 e. The molecule has 0 saturated heterocycles. The first-order valence-electron chi connectivity index (χ1n) is 10.5. The third-order valence-electron chi connectivity index (χ3n) is 4.85. The van der Waals surface area contributed by atoms with Crippen LogP contribution in [0.3, 0.4) is 0 Å². The second-order valence-electron chi connectivity index (χ2n) is 7.32. The van der Waals surface area contributed by atoms with Crippen molar-refractivity contribution in [2.24, 2.45) is 0 Å². The van der Waals surface area contributed by atoms with Gasteiger partial charge in [0.05, 0.1) is 6.54 Å². The molecule has 7 nitrogen and oxygen atoms in total. The number of nitrogens with zero attached hydrogens (tertiary/aromatic N) is 1. The van der Waals surface area contributed by atoms with Crippen molar-refractivity contribution in [3.8, 4) is 17.1 Å². The van der Waals surface area contributed by atoms with E-state index in [9.17, 15) is 9.59 Å². The van der Waals surface area contributed by atoms with Crippen LogP contribution >= 0.6 is 0 Å². The predicted octanol–water partition coefficient (Wildman–Crippen LogP) is 3.97. The molecular formula is C26H23N3O4. The van der Waals surface area contributed by atoms with Crippen molar-refractivity contribution in [1.29, 1.82) is 0 Å². The van der Waals surface area contributed by atoms with Crippen LogP contribution in [0.4, 0.5) is 0 Å². The fourth-order valence-corrected chi connectivity index (χ4v) is 3.12. The molecule has 1 aromatic heterocycles. The minimum Gasteiger partial charge on any atom is -0.489 e. The SMILES string of the molecule is O=C(CNC(=O)c1cc(-c2ccccc2)on1)NCc1cccc(OCc2ccccc2)c1. The summed E-state index contributed by atoms with van der Waals surface area (Å²) < 4.78 is 11.0. The van der Waals surface area contributed by atoms with Gasteiger partial charge in [-0.2, -0.15) is 0 Å². The Hall–Kier alpha value is -4.39. The van der Waals surface area contributed by atoms with Gasteiger partial charge in [-0.15, -0.1) is 0 Å². The van der Waals surface area contributed by atoms with Crippen molar-refractivity contribution < 1.29 is 18.8 Å². The summed E-state index contributed by atoms with van der Waals surface area (Å²) in [6.07, 6.45) is 0. The third-order valence-corrected chi connectivity index (χ3v) is 4.85. The Balaban J connectivity index is 1.23. The molecule has 7 heteroatoms. The summed E-state index contributed by atoms with van der Waals surface area (Å²) in [5.41, 5.74) is 2.90. The monoisotopic (exact) mass is 441 g/mol. The van der Waals surface area contributed by atoms with E-state index in [-0.39, 0.29) is 18.1 Å². The lowest BCUT2D eigenvalue weighted by Crippen LogP contribution is -2.36. The number of hydrogen-bond donors (Lipinski definition) is 2. The standard InChI is InChI=1S/C26H23N3O4/c30-25(17-28-26(31)23-15-24(33-29-23)21-11-5-2-6-12-21)27-16-20-10-7-13-22(14-20)32-18-19-8-3-1-4-9-19/h1-15H,16-18H2,(H,27,30)(H,28,31). The van der Waals surface area contributed by atoms with Crippen LogP contribution in [-0.4, -0.2) is 23.5 Å². The van der Waals surface area contributed by atoms with Crippen LogP contribution in [0.1, 0.15) is 21.6 Å². The molecule has 1 heterocycles. The number of aromatic nitrogens is 1. The molecule has 166 valence electrons. The van der Waals surface area contributed by atoms with Crippen molar-refractivity contribution >= 4 is 11.8 Å². The Morgan fingerprint density at radius 3 is 2.33 bits per heavy atom. The van der Waals surface area contributed by atoms with Crippen molar-refractivity contribution in [3.05, 3.63) is 108 Å². The van der Waals surface area contributed by atoms with Crippen LogP contribution in [0.2, 0.25) is 0 Å². The summed E-state index contributed by atoms with van der Waals surface area (Å²) in [4.78, 5) is 24.4. The molecule has 2 N–H and O–H groups in total. The molecular weight excluding hydrogens is 418 g/mol. The highest BCUT2D eigenvalue weighted by Crippen LogP contribution is 2.19. The topological polar surface area (TPSA) is 93.5 Å². The Labute approximate surface area is 191 Å². The highest BCUT2D eigenvalue weighted by Gasteiger charge is 2.14. The summed E-state index contributed by atoms with van der Waals surface area (Å²) in [6.45, 7) is 0.618. The highest BCUT2D eigenvalue weighted by atomic mass is 16.5. The van der Waals surface area contributed by atoms with E-state index < -0.39 is 5.91 Å². The molecule has 33 heavy (non-hydrogen) atoms. The minimum atomic E-state index is -0.479. The van der Waals surface area contributed by atoms with Crippen LogP contribution in [0.5, 0.6) is 5.75 Å². The first-order chi connectivity index (χ1) is 16.2. The van der Waals surface area contributed by atoms with E-state index in [1.54, 1.807) is 6.07 Å². The number of carbonyl (C=O) groups excluding carboxylic acids is 2. The molecule has 0 aliphatic carbocycles. The van der Waals surface area contributed by atoms with E-state index in [4.69, 9.17) is 9.26 Å². The zero-order valence-corrected chi connectivity index (χ0v) is 17.9. The van der Waals surface area contributed by atoms with E-state index in [0.29, 0.717) is 18.9 Å². The summed E-state index contributed by atoms with van der Waals surface area (Å²) >= 11 is 0. The highest BCUT2D eigenvalue weighted by molar-refractivity contribution is 5.95. The lowest BCUT2D eigenvalue weighted by atomic mass is 10.1. The fourth-order valence-electron chi connectivity index (χ4n) is 3.12. The van der Waals surface area contributed by atoms with Gasteiger partial charge >= 0.3 is 0 Å². The van der Waals surface area contributed by atoms with E-state index in [1.807, 2.05) is 84.9 Å². The average Bonchev–Trinajstić information content (AvgIpc) is 3.37. The van der Waals surface area contributed by atoms with Crippen molar-refractivity contribution in [1.82, 2.24) is 15.8 Å². The Morgan fingerprint density at radius 2 is 1.55 bits per heavy atom. The van der Waals surface area contributed by atoms with E-state index in [1.165, 1.54) is 0 Å². The zero-order chi connectivity index (χ0) is 22.9. The molecule has 0 bridgehead atoms. The van der Waals surface area contributed by atoms with Crippen LogP contribution in [0.15, 0.2) is 95.5 Å². The van der Waals surface area contributed by atoms with Gasteiger partial charge in [-0.05, 0) is 23.3 Å². The summed E-state index contributed by atoms with van der Waals surface area (Å²) in [5.74, 6) is 0.414. The number of ether oxygens (including phenoxy) is 1.